The van der Waals surface area contributed by atoms with E-state index in [0.29, 0.717) is 16.6 Å². The van der Waals surface area contributed by atoms with E-state index < -0.39 is 0 Å². The first-order valence-corrected chi connectivity index (χ1v) is 8.36. The largest absolute Gasteiger partial charge is 0.300 e. The van der Waals surface area contributed by atoms with Crippen molar-refractivity contribution in [2.75, 3.05) is 11.1 Å². The second-order valence-electron chi connectivity index (χ2n) is 4.07. The first-order chi connectivity index (χ1) is 9.67. The summed E-state index contributed by atoms with van der Waals surface area (Å²) in [7, 11) is 0. The quantitative estimate of drug-likeness (QED) is 0.646. The summed E-state index contributed by atoms with van der Waals surface area (Å²) in [5.74, 6) is 0.906. The van der Waals surface area contributed by atoms with Crippen LogP contribution < -0.4 is 5.32 Å². The number of halogens is 1. The average Bonchev–Trinajstić information content (AvgIpc) is 2.86. The van der Waals surface area contributed by atoms with Gasteiger partial charge in [0.05, 0.1) is 6.42 Å². The molecule has 4 nitrogen and oxygen atoms in total. The van der Waals surface area contributed by atoms with Crippen molar-refractivity contribution in [1.29, 1.82) is 0 Å². The van der Waals surface area contributed by atoms with Crippen molar-refractivity contribution in [1.82, 2.24) is 10.2 Å². The summed E-state index contributed by atoms with van der Waals surface area (Å²) in [5.41, 5.74) is 0.914. The number of benzene rings is 1. The maximum absolute atomic E-state index is 11.9. The van der Waals surface area contributed by atoms with Crippen LogP contribution in [0.4, 0.5) is 5.13 Å². The number of rotatable bonds is 6. The summed E-state index contributed by atoms with van der Waals surface area (Å²) >= 11 is 8.86. The second-order valence-corrected chi connectivity index (χ2v) is 6.83. The molecule has 0 atom stereocenters. The predicted molar refractivity (Wildman–Crippen MR) is 84.7 cm³/mol. The maximum Gasteiger partial charge on any atom is 0.230 e. The summed E-state index contributed by atoms with van der Waals surface area (Å²) in [4.78, 5) is 11.9. The lowest BCUT2D eigenvalue weighted by molar-refractivity contribution is -0.115. The van der Waals surface area contributed by atoms with Crippen molar-refractivity contribution >= 4 is 45.7 Å². The van der Waals surface area contributed by atoms with Crippen molar-refractivity contribution in [2.45, 2.75) is 24.1 Å². The van der Waals surface area contributed by atoms with Crippen molar-refractivity contribution in [3.8, 4) is 0 Å². The molecule has 0 radical (unpaired) electrons. The van der Waals surface area contributed by atoms with Gasteiger partial charge in [-0.1, -0.05) is 53.8 Å². The van der Waals surface area contributed by atoms with Crippen LogP contribution in [0.2, 0.25) is 5.02 Å². The lowest BCUT2D eigenvalue weighted by atomic mass is 10.1. The minimum Gasteiger partial charge on any atom is -0.300 e. The second kappa shape index (κ2) is 7.61. The molecule has 0 aliphatic heterocycles. The Bertz CT molecular complexity index is 571. The molecule has 7 heteroatoms. The van der Waals surface area contributed by atoms with Crippen LogP contribution >= 0.6 is 34.7 Å². The van der Waals surface area contributed by atoms with Crippen molar-refractivity contribution in [3.63, 3.8) is 0 Å². The Morgan fingerprint density at radius 1 is 1.35 bits per heavy atom. The van der Waals surface area contributed by atoms with E-state index in [1.54, 1.807) is 23.9 Å². The molecule has 2 rings (SSSR count). The van der Waals surface area contributed by atoms with Gasteiger partial charge in [-0.15, -0.1) is 10.2 Å². The van der Waals surface area contributed by atoms with E-state index in [-0.39, 0.29) is 5.91 Å². The van der Waals surface area contributed by atoms with Crippen molar-refractivity contribution < 1.29 is 4.79 Å². The van der Waals surface area contributed by atoms with Gasteiger partial charge in [-0.25, -0.2) is 0 Å². The minimum atomic E-state index is -0.101. The standard InChI is InChI=1S/C13H14ClN3OS2/c1-2-7-19-13-17-16-12(20-13)15-11(18)8-9-3-5-10(14)6-4-9/h3-6H,2,7-8H2,1H3,(H,15,16,18). The molecule has 1 N–H and O–H groups in total. The van der Waals surface area contributed by atoms with Crippen molar-refractivity contribution in [3.05, 3.63) is 34.9 Å². The Hall–Kier alpha value is -1.11. The molecule has 0 aliphatic carbocycles. The Balaban J connectivity index is 1.87. The van der Waals surface area contributed by atoms with Gasteiger partial charge in [0.15, 0.2) is 4.34 Å². The molecule has 0 spiro atoms. The smallest absolute Gasteiger partial charge is 0.230 e. The van der Waals surface area contributed by atoms with E-state index in [0.717, 1.165) is 22.1 Å². The molecule has 20 heavy (non-hydrogen) atoms. The lowest BCUT2D eigenvalue weighted by Gasteiger charge is -2.01. The summed E-state index contributed by atoms with van der Waals surface area (Å²) in [6.45, 7) is 2.11. The zero-order valence-corrected chi connectivity index (χ0v) is 13.3. The van der Waals surface area contributed by atoms with Crippen LogP contribution in [0, 0.1) is 0 Å². The van der Waals surface area contributed by atoms with Gasteiger partial charge in [-0.3, -0.25) is 4.79 Å². The fraction of sp³-hybridized carbons (Fsp3) is 0.308. The highest BCUT2D eigenvalue weighted by Gasteiger charge is 2.09. The number of thioether (sulfide) groups is 1. The first kappa shape index (κ1) is 15.3. The SMILES string of the molecule is CCCSc1nnc(NC(=O)Cc2ccc(Cl)cc2)s1. The molecule has 0 unspecified atom stereocenters. The molecule has 1 heterocycles. The fourth-order valence-electron chi connectivity index (χ4n) is 1.46. The predicted octanol–water partition coefficient (Wildman–Crippen LogP) is 3.87. The molecule has 0 saturated carbocycles. The van der Waals surface area contributed by atoms with Crippen LogP contribution in [0.15, 0.2) is 28.6 Å². The van der Waals surface area contributed by atoms with Gasteiger partial charge >= 0.3 is 0 Å². The van der Waals surface area contributed by atoms with Gasteiger partial charge in [0.25, 0.3) is 0 Å². The molecule has 1 aromatic heterocycles. The molecule has 0 aliphatic rings. The maximum atomic E-state index is 11.9. The van der Waals surface area contributed by atoms with Gasteiger partial charge in [-0.2, -0.15) is 0 Å². The third kappa shape index (κ3) is 4.77. The summed E-state index contributed by atoms with van der Waals surface area (Å²) in [6.07, 6.45) is 1.39. The van der Waals surface area contributed by atoms with Gasteiger partial charge in [0, 0.05) is 10.8 Å². The molecule has 0 fully saturated rings. The van der Waals surface area contributed by atoms with Crippen LogP contribution in [-0.4, -0.2) is 21.9 Å². The molecular weight excluding hydrogens is 314 g/mol. The number of aromatic nitrogens is 2. The molecular formula is C13H14ClN3OS2. The third-order valence-electron chi connectivity index (χ3n) is 2.36. The molecule has 1 amide bonds. The van der Waals surface area contributed by atoms with E-state index in [4.69, 9.17) is 11.6 Å². The number of hydrogen-bond acceptors (Lipinski definition) is 5. The number of amides is 1. The average molecular weight is 328 g/mol. The summed E-state index contributed by atoms with van der Waals surface area (Å²) < 4.78 is 0.883. The molecule has 0 bridgehead atoms. The van der Waals surface area contributed by atoms with Gasteiger partial charge in [-0.05, 0) is 24.1 Å². The number of anilines is 1. The summed E-state index contributed by atoms with van der Waals surface area (Å²) in [5, 5.41) is 12.0. The zero-order valence-electron chi connectivity index (χ0n) is 10.9. The third-order valence-corrected chi connectivity index (χ3v) is 4.79. The Labute approximate surface area is 130 Å². The monoisotopic (exact) mass is 327 g/mol. The summed E-state index contributed by atoms with van der Waals surface area (Å²) in [6, 6.07) is 7.22. The van der Waals surface area contributed by atoms with E-state index in [1.165, 1.54) is 11.3 Å². The minimum absolute atomic E-state index is 0.101. The molecule has 0 saturated heterocycles. The molecule has 2 aromatic rings. The number of carbonyl (C=O) groups excluding carboxylic acids is 1. The van der Waals surface area contributed by atoms with E-state index in [1.807, 2.05) is 12.1 Å². The highest BCUT2D eigenvalue weighted by Crippen LogP contribution is 2.25. The topological polar surface area (TPSA) is 54.9 Å². The van der Waals surface area contributed by atoms with Crippen LogP contribution in [0.1, 0.15) is 18.9 Å². The van der Waals surface area contributed by atoms with Gasteiger partial charge in [0.1, 0.15) is 0 Å². The highest BCUT2D eigenvalue weighted by molar-refractivity contribution is 8.01. The van der Waals surface area contributed by atoms with Crippen LogP contribution in [0.25, 0.3) is 0 Å². The zero-order chi connectivity index (χ0) is 14.4. The van der Waals surface area contributed by atoms with Crippen molar-refractivity contribution in [2.24, 2.45) is 0 Å². The van der Waals surface area contributed by atoms with Crippen LogP contribution in [0.3, 0.4) is 0 Å². The number of carbonyl (C=O) groups is 1. The first-order valence-electron chi connectivity index (χ1n) is 6.18. The molecule has 1 aromatic carbocycles. The Morgan fingerprint density at radius 3 is 2.80 bits per heavy atom. The van der Waals surface area contributed by atoms with Crippen LogP contribution in [0.5, 0.6) is 0 Å². The fourth-order valence-corrected chi connectivity index (χ4v) is 3.28. The Kier molecular flexibility index (Phi) is 5.82. The van der Waals surface area contributed by atoms with E-state index in [2.05, 4.69) is 22.4 Å². The van der Waals surface area contributed by atoms with E-state index >= 15 is 0 Å². The van der Waals surface area contributed by atoms with E-state index in [9.17, 15) is 4.79 Å². The normalized spacial score (nSPS) is 10.5. The van der Waals surface area contributed by atoms with Crippen LogP contribution in [-0.2, 0) is 11.2 Å². The number of hydrogen-bond donors (Lipinski definition) is 1. The van der Waals surface area contributed by atoms with Gasteiger partial charge in [0.2, 0.25) is 11.0 Å². The van der Waals surface area contributed by atoms with Gasteiger partial charge < -0.3 is 5.32 Å². The Morgan fingerprint density at radius 2 is 2.10 bits per heavy atom. The molecule has 106 valence electrons. The number of nitrogens with zero attached hydrogens (tertiary/aromatic N) is 2. The lowest BCUT2D eigenvalue weighted by Crippen LogP contribution is -2.14. The number of nitrogens with one attached hydrogen (secondary N) is 1. The highest BCUT2D eigenvalue weighted by atomic mass is 35.5.